The molecule has 0 aliphatic rings. The van der Waals surface area contributed by atoms with Crippen molar-refractivity contribution in [3.63, 3.8) is 0 Å². The second-order valence-corrected chi connectivity index (χ2v) is 4.02. The second kappa shape index (κ2) is 6.79. The van der Waals surface area contributed by atoms with Crippen molar-refractivity contribution in [1.29, 1.82) is 0 Å². The number of fused-ring (bicyclic) bond motifs is 1. The molecule has 0 unspecified atom stereocenters. The third kappa shape index (κ3) is 3.20. The van der Waals surface area contributed by atoms with Crippen LogP contribution in [-0.2, 0) is 9.53 Å². The summed E-state index contributed by atoms with van der Waals surface area (Å²) in [4.78, 5) is 27.9. The molecule has 0 atom stereocenters. The van der Waals surface area contributed by atoms with Crippen molar-refractivity contribution in [3.05, 3.63) is 24.1 Å². The number of ether oxygens (including phenoxy) is 1. The summed E-state index contributed by atoms with van der Waals surface area (Å²) in [6, 6.07) is 3.27. The second-order valence-electron chi connectivity index (χ2n) is 4.02. The number of rotatable bonds is 5. The summed E-state index contributed by atoms with van der Waals surface area (Å²) >= 11 is 0. The minimum Gasteiger partial charge on any atom is -0.463 e. The van der Waals surface area contributed by atoms with E-state index in [4.69, 9.17) is 9.15 Å². The molecule has 1 N–H and O–H groups in total. The minimum absolute atomic E-state index is 0. The lowest BCUT2D eigenvalue weighted by Crippen LogP contribution is -2.34. The molecule has 2 aromatic heterocycles. The van der Waals surface area contributed by atoms with Crippen LogP contribution in [0.5, 0.6) is 0 Å². The van der Waals surface area contributed by atoms with Gasteiger partial charge in [-0.25, -0.2) is 4.79 Å². The lowest BCUT2D eigenvalue weighted by Gasteiger charge is -2.17. The highest BCUT2D eigenvalue weighted by Gasteiger charge is 2.16. The van der Waals surface area contributed by atoms with Gasteiger partial charge in [0, 0.05) is 25.2 Å². The van der Waals surface area contributed by atoms with Crippen molar-refractivity contribution < 1.29 is 18.7 Å². The molecule has 0 fully saturated rings. The van der Waals surface area contributed by atoms with E-state index in [1.807, 2.05) is 13.8 Å². The monoisotopic (exact) mass is 280 g/mol. The van der Waals surface area contributed by atoms with Gasteiger partial charge >= 0.3 is 5.97 Å². The predicted octanol–water partition coefficient (Wildman–Crippen LogP) is 2.42. The van der Waals surface area contributed by atoms with Crippen LogP contribution >= 0.6 is 0 Å². The summed E-state index contributed by atoms with van der Waals surface area (Å²) < 4.78 is 10.1. The van der Waals surface area contributed by atoms with E-state index in [1.54, 1.807) is 17.0 Å². The third-order valence-electron chi connectivity index (χ3n) is 2.90. The van der Waals surface area contributed by atoms with Crippen molar-refractivity contribution in [1.82, 2.24) is 9.88 Å². The maximum absolute atomic E-state index is 11.8. The van der Waals surface area contributed by atoms with E-state index in [1.165, 1.54) is 6.26 Å². The maximum Gasteiger partial charge on any atom is 0.355 e. The van der Waals surface area contributed by atoms with Gasteiger partial charge in [-0.3, -0.25) is 4.79 Å². The molecular formula is C14H20N2O4. The number of aromatic nitrogens is 1. The molecule has 0 aromatic carbocycles. The van der Waals surface area contributed by atoms with Crippen molar-refractivity contribution in [2.45, 2.75) is 21.3 Å². The fraction of sp³-hybridized carbons (Fsp3) is 0.429. The summed E-state index contributed by atoms with van der Waals surface area (Å²) in [7, 11) is 0. The van der Waals surface area contributed by atoms with Gasteiger partial charge in [0.1, 0.15) is 5.69 Å². The van der Waals surface area contributed by atoms with E-state index in [-0.39, 0.29) is 25.6 Å². The topological polar surface area (TPSA) is 75.5 Å². The normalized spacial score (nSPS) is 10.1. The first-order valence-corrected chi connectivity index (χ1v) is 6.16. The number of hydrogen-bond acceptors (Lipinski definition) is 4. The lowest BCUT2D eigenvalue weighted by molar-refractivity contribution is -0.134. The van der Waals surface area contributed by atoms with Crippen LogP contribution in [0.4, 0.5) is 0 Å². The van der Waals surface area contributed by atoms with Gasteiger partial charge < -0.3 is 19.0 Å². The molecular weight excluding hydrogens is 260 g/mol. The van der Waals surface area contributed by atoms with Crippen LogP contribution in [-0.4, -0.2) is 41.5 Å². The first kappa shape index (κ1) is 15.8. The summed E-state index contributed by atoms with van der Waals surface area (Å²) in [5, 5.41) is 0. The molecule has 0 aliphatic heterocycles. The predicted molar refractivity (Wildman–Crippen MR) is 75.5 cm³/mol. The number of esters is 1. The van der Waals surface area contributed by atoms with E-state index < -0.39 is 5.97 Å². The molecule has 0 bridgehead atoms. The van der Waals surface area contributed by atoms with Crippen LogP contribution < -0.4 is 0 Å². The SMILES string of the molecule is C.CCN(CC)C(=O)COC(=O)c1cc2occc2[nH]1. The number of carbonyl (C=O) groups excluding carboxylic acids is 2. The highest BCUT2D eigenvalue weighted by molar-refractivity contribution is 5.94. The number of aromatic amines is 1. The summed E-state index contributed by atoms with van der Waals surface area (Å²) in [6.07, 6.45) is 1.53. The van der Waals surface area contributed by atoms with Gasteiger partial charge in [0.25, 0.3) is 5.91 Å². The van der Waals surface area contributed by atoms with Crippen molar-refractivity contribution in [2.24, 2.45) is 0 Å². The van der Waals surface area contributed by atoms with Crippen LogP contribution in [0.2, 0.25) is 0 Å². The molecule has 1 amide bonds. The van der Waals surface area contributed by atoms with E-state index >= 15 is 0 Å². The zero-order chi connectivity index (χ0) is 13.8. The van der Waals surface area contributed by atoms with E-state index in [2.05, 4.69) is 4.98 Å². The van der Waals surface area contributed by atoms with Crippen LogP contribution in [0.3, 0.4) is 0 Å². The molecule has 110 valence electrons. The summed E-state index contributed by atoms with van der Waals surface area (Å²) in [5.74, 6) is -0.763. The van der Waals surface area contributed by atoms with E-state index in [0.29, 0.717) is 18.7 Å². The van der Waals surface area contributed by atoms with E-state index in [9.17, 15) is 9.59 Å². The van der Waals surface area contributed by atoms with Crippen molar-refractivity contribution in [2.75, 3.05) is 19.7 Å². The van der Waals surface area contributed by atoms with Gasteiger partial charge in [-0.15, -0.1) is 0 Å². The number of amides is 1. The Morgan fingerprint density at radius 1 is 1.35 bits per heavy atom. The molecule has 0 saturated heterocycles. The lowest BCUT2D eigenvalue weighted by atomic mass is 10.4. The molecule has 2 rings (SSSR count). The number of likely N-dealkylation sites (N-methyl/N-ethyl adjacent to an activating group) is 1. The van der Waals surface area contributed by atoms with Gasteiger partial charge in [-0.1, -0.05) is 7.43 Å². The van der Waals surface area contributed by atoms with Gasteiger partial charge in [0.2, 0.25) is 0 Å². The Morgan fingerprint density at radius 3 is 2.65 bits per heavy atom. The first-order chi connectivity index (χ1) is 9.15. The quantitative estimate of drug-likeness (QED) is 0.853. The average molecular weight is 280 g/mol. The van der Waals surface area contributed by atoms with Crippen LogP contribution in [0.25, 0.3) is 11.1 Å². The zero-order valence-corrected chi connectivity index (χ0v) is 10.9. The van der Waals surface area contributed by atoms with Crippen LogP contribution in [0.1, 0.15) is 31.8 Å². The number of nitrogens with one attached hydrogen (secondary N) is 1. The fourth-order valence-electron chi connectivity index (χ4n) is 1.83. The molecule has 0 spiro atoms. The van der Waals surface area contributed by atoms with Gasteiger partial charge in [0.15, 0.2) is 12.2 Å². The Hall–Kier alpha value is -2.24. The maximum atomic E-state index is 11.8. The molecule has 2 heterocycles. The van der Waals surface area contributed by atoms with E-state index in [0.717, 1.165) is 5.52 Å². The molecule has 6 nitrogen and oxygen atoms in total. The Morgan fingerprint density at radius 2 is 2.05 bits per heavy atom. The van der Waals surface area contributed by atoms with Crippen LogP contribution in [0, 0.1) is 0 Å². The highest BCUT2D eigenvalue weighted by atomic mass is 16.5. The molecule has 20 heavy (non-hydrogen) atoms. The fourth-order valence-corrected chi connectivity index (χ4v) is 1.83. The molecule has 2 aromatic rings. The number of hydrogen-bond donors (Lipinski definition) is 1. The largest absolute Gasteiger partial charge is 0.463 e. The number of nitrogens with zero attached hydrogens (tertiary/aromatic N) is 1. The van der Waals surface area contributed by atoms with Gasteiger partial charge in [-0.2, -0.15) is 0 Å². The number of furan rings is 1. The van der Waals surface area contributed by atoms with Crippen molar-refractivity contribution in [3.8, 4) is 0 Å². The van der Waals surface area contributed by atoms with Crippen LogP contribution in [0.15, 0.2) is 22.8 Å². The number of H-pyrrole nitrogens is 1. The van der Waals surface area contributed by atoms with Crippen molar-refractivity contribution >= 4 is 23.0 Å². The molecule has 6 heteroatoms. The Labute approximate surface area is 117 Å². The molecule has 0 saturated carbocycles. The Bertz CT molecular complexity index is 552. The highest BCUT2D eigenvalue weighted by Crippen LogP contribution is 2.16. The third-order valence-corrected chi connectivity index (χ3v) is 2.90. The molecule has 0 radical (unpaired) electrons. The van der Waals surface area contributed by atoms with Gasteiger partial charge in [0.05, 0.1) is 11.8 Å². The Kier molecular flexibility index (Phi) is 5.37. The summed E-state index contributed by atoms with van der Waals surface area (Å²) in [6.45, 7) is 4.70. The minimum atomic E-state index is -0.563. The standard InChI is InChI=1S/C13H16N2O4.CH4/c1-3-15(4-2)12(16)8-19-13(17)10-7-11-9(14-10)5-6-18-11;/h5-7,14H,3-4,8H2,1-2H3;1H4. The zero-order valence-electron chi connectivity index (χ0n) is 10.9. The smallest absolute Gasteiger partial charge is 0.355 e. The first-order valence-electron chi connectivity index (χ1n) is 6.16. The Balaban J connectivity index is 0.00000200. The van der Waals surface area contributed by atoms with Gasteiger partial charge in [-0.05, 0) is 13.8 Å². The average Bonchev–Trinajstić information content (AvgIpc) is 2.98. The molecule has 0 aliphatic carbocycles. The summed E-state index contributed by atoms with van der Waals surface area (Å²) in [5.41, 5.74) is 1.59. The number of carbonyl (C=O) groups is 2.